The maximum Gasteiger partial charge on any atom is 0.351 e. The molecule has 0 aliphatic carbocycles. The zero-order valence-corrected chi connectivity index (χ0v) is 8.79. The first-order valence-corrected chi connectivity index (χ1v) is 4.93. The Bertz CT molecular complexity index is 369. The van der Waals surface area contributed by atoms with Crippen molar-refractivity contribution in [1.29, 1.82) is 0 Å². The Labute approximate surface area is 84.9 Å². The molecule has 0 aliphatic heterocycles. The predicted molar refractivity (Wildman–Crippen MR) is 51.8 cm³/mol. The largest absolute Gasteiger partial charge is 0.476 e. The van der Waals surface area contributed by atoms with Gasteiger partial charge in [0.15, 0.2) is 5.16 Å². The number of thioether (sulfide) groups is 1. The van der Waals surface area contributed by atoms with E-state index in [-0.39, 0.29) is 11.6 Å². The van der Waals surface area contributed by atoms with Crippen molar-refractivity contribution in [2.45, 2.75) is 12.1 Å². The molecule has 0 atom stereocenters. The highest BCUT2D eigenvalue weighted by Gasteiger charge is 2.22. The minimum atomic E-state index is -0.543. The summed E-state index contributed by atoms with van der Waals surface area (Å²) in [5.74, 6) is 0.00634. The molecule has 14 heavy (non-hydrogen) atoms. The molecule has 0 N–H and O–H groups in total. The molecule has 0 aliphatic rings. The Morgan fingerprint density at radius 3 is 2.57 bits per heavy atom. The van der Waals surface area contributed by atoms with E-state index in [0.29, 0.717) is 10.9 Å². The molecule has 0 saturated heterocycles. The third kappa shape index (κ3) is 1.92. The molecule has 1 heterocycles. The first-order valence-electron chi connectivity index (χ1n) is 3.71. The van der Waals surface area contributed by atoms with Crippen LogP contribution in [0.5, 0.6) is 5.88 Å². The van der Waals surface area contributed by atoms with Gasteiger partial charge in [-0.05, 0) is 13.2 Å². The Morgan fingerprint density at radius 1 is 1.50 bits per heavy atom. The number of rotatable bonds is 3. The van der Waals surface area contributed by atoms with E-state index in [1.54, 1.807) is 13.2 Å². The van der Waals surface area contributed by atoms with E-state index in [0.717, 1.165) is 0 Å². The van der Waals surface area contributed by atoms with E-state index in [2.05, 4.69) is 9.97 Å². The number of aromatic nitrogens is 2. The number of aryl methyl sites for hydroxylation is 1. The molecule has 0 spiro atoms. The molecule has 0 aromatic carbocycles. The van der Waals surface area contributed by atoms with Gasteiger partial charge in [-0.3, -0.25) is 10.1 Å². The summed E-state index contributed by atoms with van der Waals surface area (Å²) in [5.41, 5.74) is 0.136. The maximum atomic E-state index is 10.6. The van der Waals surface area contributed by atoms with Gasteiger partial charge in [0.2, 0.25) is 0 Å². The van der Waals surface area contributed by atoms with Crippen LogP contribution < -0.4 is 4.74 Å². The lowest BCUT2D eigenvalue weighted by Crippen LogP contribution is -2.02. The van der Waals surface area contributed by atoms with E-state index in [4.69, 9.17) is 4.74 Å². The third-order valence-corrected chi connectivity index (χ3v) is 2.11. The zero-order valence-electron chi connectivity index (χ0n) is 7.97. The van der Waals surface area contributed by atoms with Crippen LogP contribution in [-0.2, 0) is 0 Å². The molecule has 1 aromatic rings. The van der Waals surface area contributed by atoms with Crippen molar-refractivity contribution in [2.75, 3.05) is 13.4 Å². The lowest BCUT2D eigenvalue weighted by molar-refractivity contribution is -0.387. The minimum Gasteiger partial charge on any atom is -0.476 e. The highest BCUT2D eigenvalue weighted by atomic mass is 32.2. The van der Waals surface area contributed by atoms with Crippen LogP contribution in [-0.4, -0.2) is 28.3 Å². The summed E-state index contributed by atoms with van der Waals surface area (Å²) in [6.07, 6.45) is 1.79. The predicted octanol–water partition coefficient (Wildman–Crippen LogP) is 1.42. The van der Waals surface area contributed by atoms with Gasteiger partial charge in [-0.15, -0.1) is 0 Å². The van der Waals surface area contributed by atoms with Crippen LogP contribution in [0.2, 0.25) is 0 Å². The quantitative estimate of drug-likeness (QED) is 0.328. The van der Waals surface area contributed by atoms with Gasteiger partial charge in [-0.25, -0.2) is 4.98 Å². The highest BCUT2D eigenvalue weighted by Crippen LogP contribution is 2.28. The molecular formula is C7H9N3O3S. The number of nitrogens with zero attached hydrogens (tertiary/aromatic N) is 3. The molecule has 1 aromatic heterocycles. The zero-order chi connectivity index (χ0) is 10.7. The van der Waals surface area contributed by atoms with E-state index in [1.807, 2.05) is 0 Å². The summed E-state index contributed by atoms with van der Waals surface area (Å²) >= 11 is 1.31. The number of methoxy groups -OCH3 is 1. The molecule has 0 unspecified atom stereocenters. The van der Waals surface area contributed by atoms with Crippen molar-refractivity contribution in [2.24, 2.45) is 0 Å². The van der Waals surface area contributed by atoms with Crippen LogP contribution in [0.1, 0.15) is 5.69 Å². The monoisotopic (exact) mass is 215 g/mol. The fourth-order valence-electron chi connectivity index (χ4n) is 0.960. The normalized spacial score (nSPS) is 9.93. The number of ether oxygens (including phenoxy) is 1. The summed E-state index contributed by atoms with van der Waals surface area (Å²) in [6.45, 7) is 1.56. The first-order chi connectivity index (χ1) is 6.60. The second-order valence-corrected chi connectivity index (χ2v) is 3.18. The summed E-state index contributed by atoms with van der Waals surface area (Å²) in [7, 11) is 1.35. The molecule has 0 radical (unpaired) electrons. The standard InChI is InChI=1S/C7H9N3O3S/c1-4-5(10(11)12)6(13-2)9-7(8-4)14-3/h1-3H3. The van der Waals surface area contributed by atoms with Crippen molar-refractivity contribution >= 4 is 17.4 Å². The summed E-state index contributed by atoms with van der Waals surface area (Å²) < 4.78 is 4.82. The highest BCUT2D eigenvalue weighted by molar-refractivity contribution is 7.98. The fourth-order valence-corrected chi connectivity index (χ4v) is 1.36. The van der Waals surface area contributed by atoms with Gasteiger partial charge in [0.1, 0.15) is 5.69 Å². The third-order valence-electron chi connectivity index (χ3n) is 1.56. The number of nitro groups is 1. The Balaban J connectivity index is 3.34. The van der Waals surface area contributed by atoms with Crippen LogP contribution in [0.4, 0.5) is 5.69 Å². The molecule has 7 heteroatoms. The van der Waals surface area contributed by atoms with Gasteiger partial charge in [0.25, 0.3) is 5.88 Å². The lowest BCUT2D eigenvalue weighted by atomic mass is 10.4. The van der Waals surface area contributed by atoms with E-state index in [1.165, 1.54) is 18.9 Å². The number of hydrogen-bond donors (Lipinski definition) is 0. The van der Waals surface area contributed by atoms with Crippen LogP contribution >= 0.6 is 11.8 Å². The molecule has 0 fully saturated rings. The van der Waals surface area contributed by atoms with Crippen LogP contribution in [0.3, 0.4) is 0 Å². The topological polar surface area (TPSA) is 78.2 Å². The van der Waals surface area contributed by atoms with Gasteiger partial charge in [-0.1, -0.05) is 11.8 Å². The average molecular weight is 215 g/mol. The SMILES string of the molecule is COc1nc(SC)nc(C)c1[N+](=O)[O-]. The molecule has 0 saturated carbocycles. The second kappa shape index (κ2) is 4.23. The average Bonchev–Trinajstić information content (AvgIpc) is 2.15. The smallest absolute Gasteiger partial charge is 0.351 e. The summed E-state index contributed by atoms with van der Waals surface area (Å²) in [6, 6.07) is 0. The van der Waals surface area contributed by atoms with Crippen molar-refractivity contribution in [3.05, 3.63) is 15.8 Å². The van der Waals surface area contributed by atoms with Crippen molar-refractivity contribution in [3.63, 3.8) is 0 Å². The van der Waals surface area contributed by atoms with Crippen molar-refractivity contribution in [3.8, 4) is 5.88 Å². The lowest BCUT2D eigenvalue weighted by Gasteiger charge is -2.03. The first kappa shape index (κ1) is 10.7. The molecular weight excluding hydrogens is 206 g/mol. The van der Waals surface area contributed by atoms with Crippen LogP contribution in [0.25, 0.3) is 0 Å². The summed E-state index contributed by atoms with van der Waals surface area (Å²) in [5, 5.41) is 11.1. The molecule has 1 rings (SSSR count). The van der Waals surface area contributed by atoms with Gasteiger partial charge in [0.05, 0.1) is 12.0 Å². The van der Waals surface area contributed by atoms with E-state index in [9.17, 15) is 10.1 Å². The van der Waals surface area contributed by atoms with E-state index >= 15 is 0 Å². The van der Waals surface area contributed by atoms with Gasteiger partial charge in [-0.2, -0.15) is 4.98 Å². The Morgan fingerprint density at radius 2 is 2.14 bits per heavy atom. The van der Waals surface area contributed by atoms with Gasteiger partial charge in [0, 0.05) is 0 Å². The molecule has 6 nitrogen and oxygen atoms in total. The Kier molecular flexibility index (Phi) is 3.23. The fraction of sp³-hybridized carbons (Fsp3) is 0.429. The Hall–Kier alpha value is -1.37. The van der Waals surface area contributed by atoms with E-state index < -0.39 is 4.92 Å². The molecule has 0 amide bonds. The number of hydrogen-bond acceptors (Lipinski definition) is 6. The maximum absolute atomic E-state index is 10.6. The van der Waals surface area contributed by atoms with Crippen LogP contribution in [0.15, 0.2) is 5.16 Å². The summed E-state index contributed by atoms with van der Waals surface area (Å²) in [4.78, 5) is 17.9. The van der Waals surface area contributed by atoms with Gasteiger partial charge >= 0.3 is 5.69 Å². The minimum absolute atomic E-state index is 0.00634. The van der Waals surface area contributed by atoms with Crippen molar-refractivity contribution in [1.82, 2.24) is 9.97 Å². The van der Waals surface area contributed by atoms with Gasteiger partial charge < -0.3 is 4.74 Å². The van der Waals surface area contributed by atoms with Crippen LogP contribution in [0, 0.1) is 17.0 Å². The molecule has 76 valence electrons. The molecule has 0 bridgehead atoms. The van der Waals surface area contributed by atoms with Crippen molar-refractivity contribution < 1.29 is 9.66 Å². The second-order valence-electron chi connectivity index (χ2n) is 2.41.